The average molecular weight is 124 g/mol. The molecule has 0 aliphatic rings. The Hall–Kier alpha value is -0.980. The minimum absolute atomic E-state index is 0.630. The van der Waals surface area contributed by atoms with Crippen molar-refractivity contribution in [3.05, 3.63) is 36.8 Å². The zero-order valence-electron chi connectivity index (χ0n) is 5.98. The van der Waals surface area contributed by atoms with Gasteiger partial charge in [0.05, 0.1) is 5.76 Å². The van der Waals surface area contributed by atoms with Crippen molar-refractivity contribution in [1.29, 1.82) is 0 Å². The predicted molar refractivity (Wildman–Crippen MR) is 39.9 cm³/mol. The lowest BCUT2D eigenvalue weighted by Crippen LogP contribution is -1.81. The topological polar surface area (TPSA) is 9.23 Å². The molecule has 50 valence electrons. The van der Waals surface area contributed by atoms with Gasteiger partial charge >= 0.3 is 0 Å². The molecule has 0 unspecified atom stereocenters. The Morgan fingerprint density at radius 3 is 2.33 bits per heavy atom. The quantitative estimate of drug-likeness (QED) is 0.415. The first-order chi connectivity index (χ1) is 4.16. The smallest absolute Gasteiger partial charge is 0.119 e. The number of hydrogen-bond acceptors (Lipinski definition) is 1. The van der Waals surface area contributed by atoms with E-state index in [9.17, 15) is 0 Å². The molecule has 0 aromatic heterocycles. The lowest BCUT2D eigenvalue weighted by molar-refractivity contribution is 0.326. The van der Waals surface area contributed by atoms with Gasteiger partial charge in [0.1, 0.15) is 5.76 Å². The van der Waals surface area contributed by atoms with Crippen LogP contribution in [0.1, 0.15) is 13.8 Å². The molecule has 0 N–H and O–H groups in total. The molecule has 1 heteroatoms. The first-order valence-corrected chi connectivity index (χ1v) is 2.81. The summed E-state index contributed by atoms with van der Waals surface area (Å²) in [6.07, 6.45) is 3.65. The predicted octanol–water partition coefficient (Wildman–Crippen LogP) is 2.63. The van der Waals surface area contributed by atoms with Gasteiger partial charge in [0.2, 0.25) is 0 Å². The molecule has 9 heavy (non-hydrogen) atoms. The summed E-state index contributed by atoms with van der Waals surface area (Å²) in [6.45, 7) is 10.9. The first-order valence-electron chi connectivity index (χ1n) is 2.81. The standard InChI is InChI=1S/C8H12O/c1-5-6-8(4)9-7(2)3/h5-6H,2,4H2,1,3H3/b6-5-. The van der Waals surface area contributed by atoms with Gasteiger partial charge in [0.15, 0.2) is 0 Å². The summed E-state index contributed by atoms with van der Waals surface area (Å²) in [5, 5.41) is 0. The maximum atomic E-state index is 5.01. The minimum atomic E-state index is 0.630. The van der Waals surface area contributed by atoms with Crippen LogP contribution in [0.4, 0.5) is 0 Å². The van der Waals surface area contributed by atoms with E-state index in [1.807, 2.05) is 13.0 Å². The number of ether oxygens (including phenoxy) is 1. The highest BCUT2D eigenvalue weighted by Gasteiger charge is 1.85. The molecule has 0 heterocycles. The second kappa shape index (κ2) is 3.96. The normalized spacial score (nSPS) is 9.56. The molecule has 0 aliphatic carbocycles. The van der Waals surface area contributed by atoms with Crippen LogP contribution in [-0.2, 0) is 4.74 Å². The van der Waals surface area contributed by atoms with E-state index in [4.69, 9.17) is 4.74 Å². The molecule has 0 aliphatic heterocycles. The maximum absolute atomic E-state index is 5.01. The molecule has 0 amide bonds. The van der Waals surface area contributed by atoms with Crippen LogP contribution in [0.5, 0.6) is 0 Å². The molecule has 0 saturated carbocycles. The number of rotatable bonds is 3. The molecule has 0 spiro atoms. The Balaban J connectivity index is 3.64. The van der Waals surface area contributed by atoms with Gasteiger partial charge in [-0.1, -0.05) is 19.2 Å². The van der Waals surface area contributed by atoms with Crippen LogP contribution in [-0.4, -0.2) is 0 Å². The lowest BCUT2D eigenvalue weighted by atomic mass is 10.5. The monoisotopic (exact) mass is 124 g/mol. The molecule has 0 rings (SSSR count). The highest BCUT2D eigenvalue weighted by molar-refractivity contribution is 5.08. The third kappa shape index (κ3) is 4.88. The Bertz CT molecular complexity index is 143. The van der Waals surface area contributed by atoms with Crippen molar-refractivity contribution in [2.45, 2.75) is 13.8 Å². The molecule has 0 aromatic carbocycles. The van der Waals surface area contributed by atoms with Crippen molar-refractivity contribution in [2.24, 2.45) is 0 Å². The van der Waals surface area contributed by atoms with Crippen LogP contribution >= 0.6 is 0 Å². The third-order valence-electron chi connectivity index (χ3n) is 0.658. The number of allylic oxidation sites excluding steroid dienone is 3. The van der Waals surface area contributed by atoms with Gasteiger partial charge in [0.25, 0.3) is 0 Å². The molecule has 0 aromatic rings. The van der Waals surface area contributed by atoms with Gasteiger partial charge in [-0.25, -0.2) is 0 Å². The van der Waals surface area contributed by atoms with E-state index in [0.29, 0.717) is 11.5 Å². The van der Waals surface area contributed by atoms with E-state index < -0.39 is 0 Å². The molecule has 0 atom stereocenters. The fourth-order valence-electron chi connectivity index (χ4n) is 0.444. The summed E-state index contributed by atoms with van der Waals surface area (Å²) in [5.74, 6) is 1.29. The summed E-state index contributed by atoms with van der Waals surface area (Å²) in [7, 11) is 0. The maximum Gasteiger partial charge on any atom is 0.119 e. The van der Waals surface area contributed by atoms with E-state index in [2.05, 4.69) is 13.2 Å². The summed E-state index contributed by atoms with van der Waals surface area (Å²) in [6, 6.07) is 0. The van der Waals surface area contributed by atoms with Crippen molar-refractivity contribution >= 4 is 0 Å². The largest absolute Gasteiger partial charge is 0.463 e. The fourth-order valence-corrected chi connectivity index (χ4v) is 0.444. The van der Waals surface area contributed by atoms with Crippen molar-refractivity contribution in [3.8, 4) is 0 Å². The van der Waals surface area contributed by atoms with Gasteiger partial charge < -0.3 is 4.74 Å². The highest BCUT2D eigenvalue weighted by Crippen LogP contribution is 2.01. The molecular weight excluding hydrogens is 112 g/mol. The van der Waals surface area contributed by atoms with Gasteiger partial charge in [-0.3, -0.25) is 0 Å². The van der Waals surface area contributed by atoms with Gasteiger partial charge in [0, 0.05) is 0 Å². The Kier molecular flexibility index (Phi) is 3.52. The summed E-state index contributed by atoms with van der Waals surface area (Å²) >= 11 is 0. The summed E-state index contributed by atoms with van der Waals surface area (Å²) in [4.78, 5) is 0. The summed E-state index contributed by atoms with van der Waals surface area (Å²) < 4.78 is 5.01. The van der Waals surface area contributed by atoms with Crippen LogP contribution < -0.4 is 0 Å². The second-order valence-corrected chi connectivity index (χ2v) is 1.77. The third-order valence-corrected chi connectivity index (χ3v) is 0.658. The molecule has 0 fully saturated rings. The lowest BCUT2D eigenvalue weighted by Gasteiger charge is -2.00. The Morgan fingerprint density at radius 1 is 1.44 bits per heavy atom. The van der Waals surface area contributed by atoms with Crippen LogP contribution in [0.15, 0.2) is 36.8 Å². The zero-order chi connectivity index (χ0) is 7.28. The Labute approximate surface area is 56.3 Å². The fraction of sp³-hybridized carbons (Fsp3) is 0.250. The molecule has 1 nitrogen and oxygen atoms in total. The average Bonchev–Trinajstić information content (AvgIpc) is 1.63. The van der Waals surface area contributed by atoms with Crippen LogP contribution in [0.3, 0.4) is 0 Å². The van der Waals surface area contributed by atoms with Gasteiger partial charge in [-0.15, -0.1) is 0 Å². The van der Waals surface area contributed by atoms with Crippen molar-refractivity contribution in [3.63, 3.8) is 0 Å². The SMILES string of the molecule is C=C(C)OC(=C)/C=C\C. The summed E-state index contributed by atoms with van der Waals surface area (Å²) in [5.41, 5.74) is 0. The molecule has 0 saturated heterocycles. The van der Waals surface area contributed by atoms with Crippen LogP contribution in [0, 0.1) is 0 Å². The van der Waals surface area contributed by atoms with Gasteiger partial charge in [-0.05, 0) is 19.9 Å². The minimum Gasteiger partial charge on any atom is -0.463 e. The molecule has 0 radical (unpaired) electrons. The van der Waals surface area contributed by atoms with E-state index in [1.54, 1.807) is 13.0 Å². The van der Waals surface area contributed by atoms with E-state index in [-0.39, 0.29) is 0 Å². The van der Waals surface area contributed by atoms with Crippen LogP contribution in [0.25, 0.3) is 0 Å². The second-order valence-electron chi connectivity index (χ2n) is 1.77. The van der Waals surface area contributed by atoms with Crippen molar-refractivity contribution < 1.29 is 4.74 Å². The van der Waals surface area contributed by atoms with Crippen LogP contribution in [0.2, 0.25) is 0 Å². The zero-order valence-corrected chi connectivity index (χ0v) is 5.98. The molecular formula is C8H12O. The first kappa shape index (κ1) is 8.02. The van der Waals surface area contributed by atoms with Crippen molar-refractivity contribution in [2.75, 3.05) is 0 Å². The highest BCUT2D eigenvalue weighted by atomic mass is 16.5. The van der Waals surface area contributed by atoms with E-state index in [1.165, 1.54) is 0 Å². The molecule has 0 bridgehead atoms. The van der Waals surface area contributed by atoms with Crippen molar-refractivity contribution in [1.82, 2.24) is 0 Å². The Morgan fingerprint density at radius 2 is 2.00 bits per heavy atom. The van der Waals surface area contributed by atoms with E-state index >= 15 is 0 Å². The number of hydrogen-bond donors (Lipinski definition) is 0. The van der Waals surface area contributed by atoms with Gasteiger partial charge in [-0.2, -0.15) is 0 Å². The van der Waals surface area contributed by atoms with E-state index in [0.717, 1.165) is 0 Å².